The molecule has 0 aromatic rings. The SMILES string of the molecule is CC/C=C\C/C=C\C/C=C\CCCCCC(=O)OC(COC(=O)CCCCCCCCCCCCCCCCCCCCCCCCC/C=C\CCCCCCCCCC)COC(OCC[N+](C)(C)C)C(=O)[O-]. The average molecular weight is 1030 g/mol. The average Bonchev–Trinajstić information content (AvgIpc) is 3.36. The molecule has 0 radical (unpaired) electrons. The van der Waals surface area contributed by atoms with Crippen LogP contribution in [-0.4, -0.2) is 82.3 Å². The number of carboxylic acid groups (broad SMARTS) is 1. The van der Waals surface area contributed by atoms with E-state index in [-0.39, 0.29) is 38.6 Å². The van der Waals surface area contributed by atoms with Crippen molar-refractivity contribution in [2.75, 3.05) is 47.5 Å². The van der Waals surface area contributed by atoms with Gasteiger partial charge in [-0.3, -0.25) is 9.59 Å². The maximum atomic E-state index is 12.8. The predicted octanol–water partition coefficient (Wildman–Crippen LogP) is 16.9. The van der Waals surface area contributed by atoms with Crippen LogP contribution in [0, 0.1) is 0 Å². The summed E-state index contributed by atoms with van der Waals surface area (Å²) in [6.07, 6.45) is 66.4. The molecule has 0 amide bonds. The Bertz CT molecular complexity index is 1340. The Kier molecular flexibility index (Phi) is 53.4. The molecule has 426 valence electrons. The molecule has 2 atom stereocenters. The van der Waals surface area contributed by atoms with Gasteiger partial charge in [0.2, 0.25) is 0 Å². The maximum absolute atomic E-state index is 12.8. The number of ether oxygens (including phenoxy) is 4. The van der Waals surface area contributed by atoms with Gasteiger partial charge in [0.15, 0.2) is 12.4 Å². The van der Waals surface area contributed by atoms with E-state index in [4.69, 9.17) is 18.9 Å². The summed E-state index contributed by atoms with van der Waals surface area (Å²) in [7, 11) is 5.91. The number of carbonyl (C=O) groups is 3. The Morgan fingerprint density at radius 2 is 0.781 bits per heavy atom. The van der Waals surface area contributed by atoms with Crippen LogP contribution in [0.25, 0.3) is 0 Å². The molecule has 0 fully saturated rings. The summed E-state index contributed by atoms with van der Waals surface area (Å²) in [5.74, 6) is -2.31. The maximum Gasteiger partial charge on any atom is 0.306 e. The number of carbonyl (C=O) groups excluding carboxylic acids is 3. The van der Waals surface area contributed by atoms with Gasteiger partial charge in [-0.25, -0.2) is 0 Å². The van der Waals surface area contributed by atoms with Crippen LogP contribution < -0.4 is 5.11 Å². The first kappa shape index (κ1) is 70.2. The number of nitrogens with zero attached hydrogens (tertiary/aromatic N) is 1. The molecule has 9 heteroatoms. The molecule has 0 rings (SSSR count). The number of likely N-dealkylation sites (N-methyl/N-ethyl adjacent to an activating group) is 1. The van der Waals surface area contributed by atoms with Crippen LogP contribution in [-0.2, 0) is 33.3 Å². The quantitative estimate of drug-likeness (QED) is 0.0195. The summed E-state index contributed by atoms with van der Waals surface area (Å²) in [6.45, 7) is 4.62. The lowest BCUT2D eigenvalue weighted by Gasteiger charge is -2.26. The summed E-state index contributed by atoms with van der Waals surface area (Å²) >= 11 is 0. The number of quaternary nitrogens is 1. The van der Waals surface area contributed by atoms with E-state index in [9.17, 15) is 19.5 Å². The Hall–Kier alpha value is -2.75. The second kappa shape index (κ2) is 55.5. The Morgan fingerprint density at radius 3 is 1.19 bits per heavy atom. The highest BCUT2D eigenvalue weighted by Gasteiger charge is 2.22. The van der Waals surface area contributed by atoms with Gasteiger partial charge in [0, 0.05) is 12.8 Å². The van der Waals surface area contributed by atoms with Crippen LogP contribution >= 0.6 is 0 Å². The van der Waals surface area contributed by atoms with Gasteiger partial charge in [-0.05, 0) is 70.6 Å². The Balaban J connectivity index is 3.97. The van der Waals surface area contributed by atoms with E-state index < -0.39 is 24.3 Å². The molecule has 0 aliphatic rings. The topological polar surface area (TPSA) is 111 Å². The first-order valence-electron chi connectivity index (χ1n) is 30.8. The molecule has 2 unspecified atom stereocenters. The van der Waals surface area contributed by atoms with E-state index in [1.54, 1.807) is 0 Å². The van der Waals surface area contributed by atoms with Crippen LogP contribution in [0.15, 0.2) is 48.6 Å². The molecule has 9 nitrogen and oxygen atoms in total. The molecule has 0 N–H and O–H groups in total. The number of unbranched alkanes of at least 4 members (excludes halogenated alkanes) is 34. The molecule has 0 aliphatic carbocycles. The normalized spacial score (nSPS) is 13.1. The Morgan fingerprint density at radius 1 is 0.425 bits per heavy atom. The summed E-state index contributed by atoms with van der Waals surface area (Å²) in [5.41, 5.74) is 0. The fraction of sp³-hybridized carbons (Fsp3) is 0.828. The van der Waals surface area contributed by atoms with Gasteiger partial charge >= 0.3 is 11.9 Å². The summed E-state index contributed by atoms with van der Waals surface area (Å²) in [6, 6.07) is 0. The van der Waals surface area contributed by atoms with Crippen molar-refractivity contribution in [2.45, 2.75) is 296 Å². The van der Waals surface area contributed by atoms with E-state index in [2.05, 4.69) is 62.5 Å². The van der Waals surface area contributed by atoms with Crippen molar-refractivity contribution in [3.63, 3.8) is 0 Å². The third-order valence-corrected chi connectivity index (χ3v) is 13.6. The van der Waals surface area contributed by atoms with E-state index >= 15 is 0 Å². The van der Waals surface area contributed by atoms with Crippen LogP contribution in [0.2, 0.25) is 0 Å². The van der Waals surface area contributed by atoms with Crippen molar-refractivity contribution in [3.8, 4) is 0 Å². The lowest BCUT2D eigenvalue weighted by molar-refractivity contribution is -0.870. The first-order chi connectivity index (χ1) is 35.6. The molecule has 0 saturated heterocycles. The van der Waals surface area contributed by atoms with E-state index in [1.807, 2.05) is 21.1 Å². The molecule has 0 aliphatic heterocycles. The molecule has 73 heavy (non-hydrogen) atoms. The summed E-state index contributed by atoms with van der Waals surface area (Å²) in [4.78, 5) is 37.2. The minimum absolute atomic E-state index is 0.142. The number of aliphatic carboxylic acids is 1. The molecule has 0 saturated carbocycles. The smallest absolute Gasteiger partial charge is 0.306 e. The number of allylic oxidation sites excluding steroid dienone is 8. The van der Waals surface area contributed by atoms with Gasteiger partial charge in [-0.15, -0.1) is 0 Å². The van der Waals surface area contributed by atoms with Gasteiger partial charge in [0.1, 0.15) is 13.2 Å². The van der Waals surface area contributed by atoms with Crippen molar-refractivity contribution in [1.29, 1.82) is 0 Å². The number of carboxylic acids is 1. The zero-order valence-corrected chi connectivity index (χ0v) is 48.5. The van der Waals surface area contributed by atoms with Gasteiger partial charge in [0.25, 0.3) is 0 Å². The minimum Gasteiger partial charge on any atom is -0.545 e. The lowest BCUT2D eigenvalue weighted by Crippen LogP contribution is -2.44. The minimum atomic E-state index is -1.63. The largest absolute Gasteiger partial charge is 0.545 e. The van der Waals surface area contributed by atoms with Crippen molar-refractivity contribution >= 4 is 17.9 Å². The number of hydrogen-bond acceptors (Lipinski definition) is 8. The molecular formula is C64H117NO8. The molecular weight excluding hydrogens is 911 g/mol. The predicted molar refractivity (Wildman–Crippen MR) is 306 cm³/mol. The lowest BCUT2D eigenvalue weighted by atomic mass is 10.0. The van der Waals surface area contributed by atoms with Crippen LogP contribution in [0.3, 0.4) is 0 Å². The number of hydrogen-bond donors (Lipinski definition) is 0. The van der Waals surface area contributed by atoms with Gasteiger partial charge in [-0.2, -0.15) is 0 Å². The standard InChI is InChI=1S/C64H117NO8/c1-6-8-10-12-14-16-18-20-21-22-23-24-25-26-27-28-29-30-31-32-33-34-35-36-37-38-39-40-41-43-44-46-48-50-52-54-61(66)71-58-60(59-72-64(63(68)69)70-57-56-65(3,4)5)73-62(67)55-53-51-49-47-45-42-19-17-15-13-11-9-7-2/h9,11,15,17,22-23,42,45,60,64H,6-8,10,12-14,16,18-21,24-41,43-44,46-59H2,1-5H3/b11-9-,17-15-,23-22-,45-42-. The van der Waals surface area contributed by atoms with Gasteiger partial charge in [0.05, 0.1) is 40.3 Å². The number of rotatable bonds is 57. The number of esters is 2. The summed E-state index contributed by atoms with van der Waals surface area (Å²) < 4.78 is 22.6. The zero-order valence-electron chi connectivity index (χ0n) is 48.5. The first-order valence-corrected chi connectivity index (χ1v) is 30.8. The van der Waals surface area contributed by atoms with Crippen LogP contribution in [0.5, 0.6) is 0 Å². The van der Waals surface area contributed by atoms with Gasteiger partial charge < -0.3 is 33.3 Å². The van der Waals surface area contributed by atoms with Crippen molar-refractivity contribution in [1.82, 2.24) is 0 Å². The fourth-order valence-electron chi connectivity index (χ4n) is 8.84. The molecule has 0 aromatic carbocycles. The van der Waals surface area contributed by atoms with E-state index in [0.29, 0.717) is 17.4 Å². The van der Waals surface area contributed by atoms with Crippen molar-refractivity contribution < 1.29 is 42.9 Å². The van der Waals surface area contributed by atoms with Crippen LogP contribution in [0.1, 0.15) is 284 Å². The zero-order chi connectivity index (χ0) is 53.4. The van der Waals surface area contributed by atoms with E-state index in [1.165, 1.54) is 193 Å². The second-order valence-electron chi connectivity index (χ2n) is 22.0. The summed E-state index contributed by atoms with van der Waals surface area (Å²) in [5, 5.41) is 11.7. The molecule has 0 heterocycles. The molecule has 0 spiro atoms. The molecule has 0 aromatic heterocycles. The third-order valence-electron chi connectivity index (χ3n) is 13.6. The van der Waals surface area contributed by atoms with Crippen LogP contribution in [0.4, 0.5) is 0 Å². The van der Waals surface area contributed by atoms with Crippen molar-refractivity contribution in [2.24, 2.45) is 0 Å². The van der Waals surface area contributed by atoms with E-state index in [0.717, 1.165) is 57.8 Å². The Labute approximate surface area is 451 Å². The highest BCUT2D eigenvalue weighted by Crippen LogP contribution is 2.17. The molecule has 0 bridgehead atoms. The highest BCUT2D eigenvalue weighted by molar-refractivity contribution is 5.70. The fourth-order valence-corrected chi connectivity index (χ4v) is 8.84. The van der Waals surface area contributed by atoms with Gasteiger partial charge in [-0.1, -0.05) is 249 Å². The second-order valence-corrected chi connectivity index (χ2v) is 22.0. The highest BCUT2D eigenvalue weighted by atomic mass is 16.7. The third kappa shape index (κ3) is 56.8. The monoisotopic (exact) mass is 1030 g/mol. The van der Waals surface area contributed by atoms with Crippen molar-refractivity contribution in [3.05, 3.63) is 48.6 Å².